The van der Waals surface area contributed by atoms with Gasteiger partial charge in [-0.1, -0.05) is 0 Å². The molecule has 0 bridgehead atoms. The number of halogens is 1. The molecule has 0 aliphatic rings. The van der Waals surface area contributed by atoms with Crippen molar-refractivity contribution >= 4 is 12.4 Å². The third-order valence-corrected chi connectivity index (χ3v) is 3.12. The minimum Gasteiger partial charge on any atom is -0.491 e. The highest BCUT2D eigenvalue weighted by atomic mass is 35.5. The van der Waals surface area contributed by atoms with Crippen LogP contribution in [0.2, 0.25) is 0 Å². The van der Waals surface area contributed by atoms with Gasteiger partial charge in [0.25, 0.3) is 0 Å². The number of rotatable bonds is 7. The highest BCUT2D eigenvalue weighted by Gasteiger charge is 2.08. The Bertz CT molecular complexity index is 554. The number of hydrogen-bond acceptors (Lipinski definition) is 4. The van der Waals surface area contributed by atoms with Crippen molar-refractivity contribution in [1.82, 2.24) is 14.7 Å². The molecule has 6 heteroatoms. The first-order chi connectivity index (χ1) is 10.1. The average Bonchev–Trinajstić information content (AvgIpc) is 2.87. The molecule has 2 N–H and O–H groups in total. The highest BCUT2D eigenvalue weighted by Crippen LogP contribution is 2.18. The monoisotopic (exact) mass is 324 g/mol. The molecule has 1 aromatic heterocycles. The van der Waals surface area contributed by atoms with Gasteiger partial charge in [-0.05, 0) is 51.2 Å². The van der Waals surface area contributed by atoms with Gasteiger partial charge in [-0.25, -0.2) is 4.68 Å². The maximum Gasteiger partial charge on any atom is 0.119 e. The SMILES string of the molecule is CC(C)Oc1ccc(-n2nccc2CN(C)CCN)cc1.Cl. The molecule has 0 aliphatic carbocycles. The maximum atomic E-state index is 5.66. The normalized spacial score (nSPS) is 10.8. The quantitative estimate of drug-likeness (QED) is 0.850. The van der Waals surface area contributed by atoms with E-state index in [1.54, 1.807) is 0 Å². The van der Waals surface area contributed by atoms with E-state index >= 15 is 0 Å². The number of benzene rings is 1. The molecule has 0 spiro atoms. The molecule has 0 aliphatic heterocycles. The molecule has 0 saturated carbocycles. The first-order valence-electron chi connectivity index (χ1n) is 7.28. The molecule has 1 heterocycles. The fraction of sp³-hybridized carbons (Fsp3) is 0.438. The zero-order valence-corrected chi connectivity index (χ0v) is 14.2. The Hall–Kier alpha value is -1.56. The highest BCUT2D eigenvalue weighted by molar-refractivity contribution is 5.85. The molecule has 0 saturated heterocycles. The summed E-state index contributed by atoms with van der Waals surface area (Å²) in [7, 11) is 2.06. The van der Waals surface area contributed by atoms with Crippen LogP contribution in [0.5, 0.6) is 5.75 Å². The van der Waals surface area contributed by atoms with Crippen molar-refractivity contribution in [2.45, 2.75) is 26.5 Å². The van der Waals surface area contributed by atoms with Gasteiger partial charge < -0.3 is 10.5 Å². The Labute approximate surface area is 138 Å². The minimum atomic E-state index is 0. The van der Waals surface area contributed by atoms with Gasteiger partial charge in [-0.3, -0.25) is 4.90 Å². The predicted molar refractivity (Wildman–Crippen MR) is 92.0 cm³/mol. The molecule has 0 fully saturated rings. The second-order valence-electron chi connectivity index (χ2n) is 5.42. The number of aromatic nitrogens is 2. The fourth-order valence-corrected chi connectivity index (χ4v) is 2.20. The molecular weight excluding hydrogens is 300 g/mol. The van der Waals surface area contributed by atoms with Crippen molar-refractivity contribution in [2.75, 3.05) is 20.1 Å². The Morgan fingerprint density at radius 2 is 1.91 bits per heavy atom. The standard InChI is InChI=1S/C16H24N4O.ClH/c1-13(2)21-16-6-4-14(5-7-16)20-15(8-10-18-20)12-19(3)11-9-17;/h4-8,10,13H,9,11-12,17H2,1-3H3;1H. The summed E-state index contributed by atoms with van der Waals surface area (Å²) in [6.07, 6.45) is 2.01. The Balaban J connectivity index is 0.00000242. The number of ether oxygens (including phenoxy) is 1. The summed E-state index contributed by atoms with van der Waals surface area (Å²) < 4.78 is 7.61. The first-order valence-corrected chi connectivity index (χ1v) is 7.28. The summed E-state index contributed by atoms with van der Waals surface area (Å²) in [4.78, 5) is 2.18. The summed E-state index contributed by atoms with van der Waals surface area (Å²) in [5.74, 6) is 0.878. The minimum absolute atomic E-state index is 0. The topological polar surface area (TPSA) is 56.3 Å². The molecule has 2 aromatic rings. The van der Waals surface area contributed by atoms with Gasteiger partial charge in [0, 0.05) is 25.8 Å². The van der Waals surface area contributed by atoms with Gasteiger partial charge in [-0.2, -0.15) is 5.10 Å². The van der Waals surface area contributed by atoms with Gasteiger partial charge >= 0.3 is 0 Å². The second kappa shape index (κ2) is 8.78. The molecule has 2 rings (SSSR count). The van der Waals surface area contributed by atoms with Crippen LogP contribution in [-0.4, -0.2) is 40.9 Å². The van der Waals surface area contributed by atoms with Crippen LogP contribution >= 0.6 is 12.4 Å². The van der Waals surface area contributed by atoms with E-state index in [-0.39, 0.29) is 18.5 Å². The molecule has 1 aromatic carbocycles. The number of nitrogens with zero attached hydrogens (tertiary/aromatic N) is 3. The lowest BCUT2D eigenvalue weighted by Crippen LogP contribution is -2.26. The van der Waals surface area contributed by atoms with Crippen molar-refractivity contribution in [2.24, 2.45) is 5.73 Å². The Morgan fingerprint density at radius 3 is 2.50 bits per heavy atom. The first kappa shape index (κ1) is 18.5. The molecule has 22 heavy (non-hydrogen) atoms. The smallest absolute Gasteiger partial charge is 0.119 e. The Kier molecular flexibility index (Phi) is 7.38. The average molecular weight is 325 g/mol. The van der Waals surface area contributed by atoms with Crippen LogP contribution in [0.1, 0.15) is 19.5 Å². The van der Waals surface area contributed by atoms with Crippen LogP contribution < -0.4 is 10.5 Å². The fourth-order valence-electron chi connectivity index (χ4n) is 2.20. The summed E-state index contributed by atoms with van der Waals surface area (Å²) in [6, 6.07) is 10.0. The van der Waals surface area contributed by atoms with Crippen LogP contribution in [0.3, 0.4) is 0 Å². The van der Waals surface area contributed by atoms with Crippen molar-refractivity contribution in [3.8, 4) is 11.4 Å². The zero-order valence-electron chi connectivity index (χ0n) is 13.4. The molecule has 0 unspecified atom stereocenters. The lowest BCUT2D eigenvalue weighted by Gasteiger charge is -2.16. The van der Waals surface area contributed by atoms with Crippen molar-refractivity contribution in [3.63, 3.8) is 0 Å². The summed E-state index contributed by atoms with van der Waals surface area (Å²) in [5, 5.41) is 4.41. The van der Waals surface area contributed by atoms with Crippen LogP contribution in [0.25, 0.3) is 5.69 Å². The van der Waals surface area contributed by atoms with E-state index in [9.17, 15) is 0 Å². The molecule has 0 amide bonds. The lowest BCUT2D eigenvalue weighted by atomic mass is 10.3. The summed E-state index contributed by atoms with van der Waals surface area (Å²) >= 11 is 0. The molecule has 122 valence electrons. The van der Waals surface area contributed by atoms with Gasteiger partial charge in [0.2, 0.25) is 0 Å². The lowest BCUT2D eigenvalue weighted by molar-refractivity contribution is 0.242. The van der Waals surface area contributed by atoms with Gasteiger partial charge in [0.15, 0.2) is 0 Å². The van der Waals surface area contributed by atoms with E-state index in [1.807, 2.05) is 55.1 Å². The van der Waals surface area contributed by atoms with Crippen LogP contribution in [0.4, 0.5) is 0 Å². The summed E-state index contributed by atoms with van der Waals surface area (Å²) in [5.41, 5.74) is 7.76. The van der Waals surface area contributed by atoms with E-state index < -0.39 is 0 Å². The van der Waals surface area contributed by atoms with Crippen molar-refractivity contribution in [3.05, 3.63) is 42.2 Å². The number of likely N-dealkylation sites (N-methyl/N-ethyl adjacent to an activating group) is 1. The van der Waals surface area contributed by atoms with Crippen LogP contribution in [0, 0.1) is 0 Å². The number of hydrogen-bond donors (Lipinski definition) is 1. The summed E-state index contributed by atoms with van der Waals surface area (Å²) in [6.45, 7) is 6.39. The van der Waals surface area contributed by atoms with Gasteiger partial charge in [0.05, 0.1) is 17.5 Å². The second-order valence-corrected chi connectivity index (χ2v) is 5.42. The van der Waals surface area contributed by atoms with Crippen molar-refractivity contribution < 1.29 is 4.74 Å². The molecular formula is C16H25ClN4O. The molecule has 0 radical (unpaired) electrons. The Morgan fingerprint density at radius 1 is 1.23 bits per heavy atom. The van der Waals surface area contributed by atoms with Crippen LogP contribution in [0.15, 0.2) is 36.5 Å². The molecule has 0 atom stereocenters. The third-order valence-electron chi connectivity index (χ3n) is 3.12. The van der Waals surface area contributed by atoms with E-state index in [0.29, 0.717) is 6.54 Å². The van der Waals surface area contributed by atoms with Crippen LogP contribution in [-0.2, 0) is 6.54 Å². The molecule has 5 nitrogen and oxygen atoms in total. The van der Waals surface area contributed by atoms with Gasteiger partial charge in [0.1, 0.15) is 5.75 Å². The zero-order chi connectivity index (χ0) is 15.2. The van der Waals surface area contributed by atoms with E-state index in [2.05, 4.69) is 17.0 Å². The predicted octanol–water partition coefficient (Wildman–Crippen LogP) is 2.47. The van der Waals surface area contributed by atoms with E-state index in [4.69, 9.17) is 10.5 Å². The van der Waals surface area contributed by atoms with E-state index in [1.165, 1.54) is 0 Å². The maximum absolute atomic E-state index is 5.66. The van der Waals surface area contributed by atoms with Crippen molar-refractivity contribution in [1.29, 1.82) is 0 Å². The largest absolute Gasteiger partial charge is 0.491 e. The number of nitrogens with two attached hydrogens (primary N) is 1. The van der Waals surface area contributed by atoms with Gasteiger partial charge in [-0.15, -0.1) is 12.4 Å². The third kappa shape index (κ3) is 5.02. The van der Waals surface area contributed by atoms with E-state index in [0.717, 1.165) is 30.2 Å².